The number of hydrogen-bond acceptors (Lipinski definition) is 6. The normalized spacial score (nSPS) is 48.5. The van der Waals surface area contributed by atoms with E-state index in [0.717, 1.165) is 23.1 Å². The first-order valence-electron chi connectivity index (χ1n) is 11.7. The number of aliphatic hydroxyl groups is 1. The van der Waals surface area contributed by atoms with Crippen LogP contribution in [-0.2, 0) is 19.0 Å². The van der Waals surface area contributed by atoms with Crippen molar-refractivity contribution in [3.8, 4) is 0 Å². The van der Waals surface area contributed by atoms with Crippen LogP contribution in [0, 0.1) is 34.5 Å². The molecule has 0 aromatic carbocycles. The number of amides is 1. The molecule has 8 atom stereocenters. The summed E-state index contributed by atoms with van der Waals surface area (Å²) in [4.78, 5) is 28.3. The van der Waals surface area contributed by atoms with Gasteiger partial charge in [-0.25, -0.2) is 4.79 Å². The molecule has 1 unspecified atom stereocenters. The molecule has 6 rings (SSSR count). The zero-order chi connectivity index (χ0) is 23.2. The minimum Gasteiger partial charge on any atom is -0.438 e. The molecule has 0 radical (unpaired) electrons. The quantitative estimate of drug-likeness (QED) is 0.625. The van der Waals surface area contributed by atoms with E-state index in [1.165, 1.54) is 4.90 Å². The maximum absolute atomic E-state index is 14.3. The summed E-state index contributed by atoms with van der Waals surface area (Å²) in [6, 6.07) is 0. The van der Waals surface area contributed by atoms with E-state index < -0.39 is 35.1 Å². The molecule has 2 bridgehead atoms. The Morgan fingerprint density at radius 1 is 1.28 bits per heavy atom. The van der Waals surface area contributed by atoms with Crippen LogP contribution < -0.4 is 0 Å². The zero-order valence-electron chi connectivity index (χ0n) is 19.9. The molecule has 7 nitrogen and oxygen atoms in total. The van der Waals surface area contributed by atoms with Crippen molar-refractivity contribution in [2.75, 3.05) is 20.7 Å². The largest absolute Gasteiger partial charge is 0.438 e. The van der Waals surface area contributed by atoms with E-state index in [1.54, 1.807) is 14.1 Å². The lowest BCUT2D eigenvalue weighted by molar-refractivity contribution is -0.297. The van der Waals surface area contributed by atoms with Crippen LogP contribution in [-0.4, -0.2) is 66.2 Å². The summed E-state index contributed by atoms with van der Waals surface area (Å²) < 4.78 is 18.2. The third-order valence-electron chi connectivity index (χ3n) is 9.47. The van der Waals surface area contributed by atoms with Gasteiger partial charge in [-0.1, -0.05) is 19.9 Å². The predicted octanol–water partition coefficient (Wildman–Crippen LogP) is 2.93. The standard InChI is InChI=1S/C25H33NO6.H2/c1-11-16-15-9-14-17(22(14,2)3)13-8-12-10-30-23(4,5)32-20(12)25(29,24(15,16)18(13)27)19(11)31-21(28)26(6)7;/h8,13-15,17,19-20,29H,9-10H2,1-7H3;1H/t13-,14+,15-,17-,19-,20?,24+,25+;/m0./s1. The van der Waals surface area contributed by atoms with E-state index in [1.807, 2.05) is 26.8 Å². The molecule has 4 fully saturated rings. The van der Waals surface area contributed by atoms with E-state index in [0.29, 0.717) is 5.92 Å². The van der Waals surface area contributed by atoms with Gasteiger partial charge >= 0.3 is 6.09 Å². The average molecular weight is 446 g/mol. The SMILES string of the molecule is CC1=C2[C@@H]3C[C@@H]4[C@H]([C@@H]5C=C6COC(C)(C)OC6[C@](O)([C@H]1OC(=O)N(C)C)[C@@]23C5=O)C4(C)C.[HH]. The molecule has 1 N–H and O–H groups in total. The van der Waals surface area contributed by atoms with E-state index in [9.17, 15) is 14.7 Å². The Labute approximate surface area is 190 Å². The number of hydrogen-bond donors (Lipinski definition) is 1. The highest BCUT2D eigenvalue weighted by molar-refractivity contribution is 6.02. The molecule has 1 spiro atoms. The molecular weight excluding hydrogens is 410 g/mol. The first-order chi connectivity index (χ1) is 14.8. The maximum Gasteiger partial charge on any atom is 0.409 e. The van der Waals surface area contributed by atoms with E-state index in [4.69, 9.17) is 14.2 Å². The Morgan fingerprint density at radius 3 is 2.62 bits per heavy atom. The summed E-state index contributed by atoms with van der Waals surface area (Å²) in [5.41, 5.74) is -0.0483. The highest BCUT2D eigenvalue weighted by Gasteiger charge is 2.88. The molecule has 6 aliphatic rings. The molecule has 0 aromatic rings. The topological polar surface area (TPSA) is 85.3 Å². The Kier molecular flexibility index (Phi) is 3.70. The molecule has 1 heterocycles. The fourth-order valence-electron chi connectivity index (χ4n) is 7.95. The molecule has 1 amide bonds. The lowest BCUT2D eigenvalue weighted by Crippen LogP contribution is -2.65. The van der Waals surface area contributed by atoms with Gasteiger partial charge in [-0.3, -0.25) is 4.79 Å². The molecule has 176 valence electrons. The van der Waals surface area contributed by atoms with Gasteiger partial charge < -0.3 is 24.2 Å². The number of allylic oxidation sites excluding steroid dienone is 1. The minimum atomic E-state index is -1.68. The van der Waals surface area contributed by atoms with Crippen LogP contribution in [0.4, 0.5) is 4.79 Å². The Bertz CT molecular complexity index is 1030. The van der Waals surface area contributed by atoms with Gasteiger partial charge in [0, 0.05) is 27.4 Å². The highest BCUT2D eigenvalue weighted by atomic mass is 16.7. The van der Waals surface area contributed by atoms with Gasteiger partial charge in [-0.15, -0.1) is 0 Å². The third kappa shape index (κ3) is 2.10. The lowest BCUT2D eigenvalue weighted by atomic mass is 9.70. The van der Waals surface area contributed by atoms with Crippen LogP contribution in [0.15, 0.2) is 22.8 Å². The highest BCUT2D eigenvalue weighted by Crippen LogP contribution is 2.82. The van der Waals surface area contributed by atoms with Crippen molar-refractivity contribution in [1.82, 2.24) is 4.90 Å². The zero-order valence-corrected chi connectivity index (χ0v) is 19.9. The van der Waals surface area contributed by atoms with Crippen molar-refractivity contribution in [1.29, 1.82) is 0 Å². The number of Topliss-reactive ketones (excluding diaryl/α,β-unsaturated/α-hetero) is 1. The van der Waals surface area contributed by atoms with Gasteiger partial charge in [0.25, 0.3) is 0 Å². The lowest BCUT2D eigenvalue weighted by Gasteiger charge is -2.48. The van der Waals surface area contributed by atoms with Crippen molar-refractivity contribution in [3.63, 3.8) is 0 Å². The first-order valence-corrected chi connectivity index (χ1v) is 11.7. The minimum absolute atomic E-state index is 0. The summed E-state index contributed by atoms with van der Waals surface area (Å²) in [6.07, 6.45) is 0.657. The summed E-state index contributed by atoms with van der Waals surface area (Å²) in [7, 11) is 3.22. The number of rotatable bonds is 1. The number of carbonyl (C=O) groups is 2. The van der Waals surface area contributed by atoms with Crippen LogP contribution >= 0.6 is 0 Å². The van der Waals surface area contributed by atoms with Crippen LogP contribution in [0.3, 0.4) is 0 Å². The number of ether oxygens (including phenoxy) is 3. The Morgan fingerprint density at radius 2 is 1.97 bits per heavy atom. The summed E-state index contributed by atoms with van der Waals surface area (Å²) >= 11 is 0. The molecule has 3 saturated carbocycles. The van der Waals surface area contributed by atoms with Crippen LogP contribution in [0.5, 0.6) is 0 Å². The predicted molar refractivity (Wildman–Crippen MR) is 117 cm³/mol. The molecule has 5 aliphatic carbocycles. The van der Waals surface area contributed by atoms with Gasteiger partial charge in [0.1, 0.15) is 6.10 Å². The van der Waals surface area contributed by atoms with Gasteiger partial charge in [-0.2, -0.15) is 0 Å². The van der Waals surface area contributed by atoms with Crippen molar-refractivity contribution < 1.29 is 30.3 Å². The van der Waals surface area contributed by atoms with Gasteiger partial charge in [0.15, 0.2) is 23.3 Å². The molecule has 0 aromatic heterocycles. The van der Waals surface area contributed by atoms with Crippen LogP contribution in [0.1, 0.15) is 42.5 Å². The Hall–Kier alpha value is -1.70. The fraction of sp³-hybridized carbons (Fsp3) is 0.760. The molecule has 1 aliphatic heterocycles. The Balaban J connectivity index is 0.00000228. The average Bonchev–Trinajstić information content (AvgIpc) is 3.51. The van der Waals surface area contributed by atoms with Crippen molar-refractivity contribution in [3.05, 3.63) is 22.8 Å². The van der Waals surface area contributed by atoms with Gasteiger partial charge in [0.05, 0.1) is 12.0 Å². The third-order valence-corrected chi connectivity index (χ3v) is 9.47. The number of ketones is 1. The monoisotopic (exact) mass is 445 g/mol. The van der Waals surface area contributed by atoms with Crippen molar-refractivity contribution >= 4 is 11.9 Å². The molecule has 7 heteroatoms. The van der Waals surface area contributed by atoms with Crippen LogP contribution in [0.25, 0.3) is 0 Å². The smallest absolute Gasteiger partial charge is 0.409 e. The second-order valence-corrected chi connectivity index (χ2v) is 11.9. The number of fused-ring (bicyclic) bond motifs is 6. The number of nitrogens with zero attached hydrogens (tertiary/aromatic N) is 1. The van der Waals surface area contributed by atoms with Gasteiger partial charge in [0.2, 0.25) is 0 Å². The molecular formula is C25H35NO6. The van der Waals surface area contributed by atoms with Gasteiger partial charge in [-0.05, 0) is 61.2 Å². The van der Waals surface area contributed by atoms with E-state index >= 15 is 0 Å². The maximum atomic E-state index is 14.3. The van der Waals surface area contributed by atoms with Crippen molar-refractivity contribution in [2.24, 2.45) is 34.5 Å². The second-order valence-electron chi connectivity index (χ2n) is 11.9. The van der Waals surface area contributed by atoms with Crippen molar-refractivity contribution in [2.45, 2.75) is 64.6 Å². The van der Waals surface area contributed by atoms with E-state index in [2.05, 4.69) is 13.8 Å². The van der Waals surface area contributed by atoms with E-state index in [-0.39, 0.29) is 37.0 Å². The number of carbonyl (C=O) groups excluding carboxylic acids is 2. The summed E-state index contributed by atoms with van der Waals surface area (Å²) in [5.74, 6) is -0.458. The summed E-state index contributed by atoms with van der Waals surface area (Å²) in [6.45, 7) is 10.3. The first kappa shape index (κ1) is 20.9. The molecule has 1 saturated heterocycles. The fourth-order valence-corrected chi connectivity index (χ4v) is 7.95. The molecule has 32 heavy (non-hydrogen) atoms. The summed E-state index contributed by atoms with van der Waals surface area (Å²) in [5, 5.41) is 12.6. The van der Waals surface area contributed by atoms with Crippen LogP contribution in [0.2, 0.25) is 0 Å². The second kappa shape index (κ2) is 5.68.